The minimum Gasteiger partial charge on any atom is -0.499 e. The summed E-state index contributed by atoms with van der Waals surface area (Å²) in [5.74, 6) is 0.406. The van der Waals surface area contributed by atoms with Crippen LogP contribution in [0.25, 0.3) is 0 Å². The van der Waals surface area contributed by atoms with Crippen molar-refractivity contribution in [2.75, 3.05) is 7.11 Å². The average Bonchev–Trinajstić information content (AvgIpc) is 2.43. The summed E-state index contributed by atoms with van der Waals surface area (Å²) in [5.41, 5.74) is 0. The molecule has 0 aliphatic carbocycles. The third kappa shape index (κ3) is 10.5. The molecule has 24 heavy (non-hydrogen) atoms. The van der Waals surface area contributed by atoms with E-state index >= 15 is 0 Å². The van der Waals surface area contributed by atoms with Crippen LogP contribution < -0.4 is 0 Å². The molecule has 0 fully saturated rings. The number of alkyl halides is 6. The molecule has 0 saturated heterocycles. The highest BCUT2D eigenvalue weighted by Crippen LogP contribution is 2.34. The zero-order valence-electron chi connectivity index (χ0n) is 13.5. The van der Waals surface area contributed by atoms with Gasteiger partial charge in [0.25, 0.3) is 0 Å². The van der Waals surface area contributed by atoms with Crippen LogP contribution in [0.15, 0.2) is 24.6 Å². The number of hydrogen-bond acceptors (Lipinski definition) is 2. The fraction of sp³-hybridized carbons (Fsp3) is 0.667. The van der Waals surface area contributed by atoms with Gasteiger partial charge in [0.15, 0.2) is 7.59 Å². The average molecular weight is 460 g/mol. The van der Waals surface area contributed by atoms with E-state index in [-0.39, 0.29) is 25.2 Å². The first-order valence-electron chi connectivity index (χ1n) is 7.22. The Kier molecular flexibility index (Phi) is 11.5. The number of amides is 1. The fourth-order valence-electron chi connectivity index (χ4n) is 2.14. The smallest absolute Gasteiger partial charge is 0.227 e. The number of nitrogens with zero attached hydrogens (tertiary/aromatic N) is 1. The maximum atomic E-state index is 12.5. The Hall–Kier alpha value is 0.490. The number of ether oxygens (including phenoxy) is 1. The number of hydrogen-bond donors (Lipinski definition) is 0. The molecule has 0 bridgehead atoms. The Morgan fingerprint density at radius 3 is 2.08 bits per heavy atom. The van der Waals surface area contributed by atoms with Crippen molar-refractivity contribution >= 4 is 75.5 Å². The molecular formula is C15H21Cl6NO2. The van der Waals surface area contributed by atoms with E-state index in [1.807, 2.05) is 0 Å². The molecular weight excluding hydrogens is 439 g/mol. The van der Waals surface area contributed by atoms with Gasteiger partial charge in [0.1, 0.15) is 5.76 Å². The molecule has 140 valence electrons. The summed E-state index contributed by atoms with van der Waals surface area (Å²) in [6.07, 6.45) is 4.73. The minimum absolute atomic E-state index is 0.176. The Labute approximate surface area is 173 Å². The minimum atomic E-state index is -1.42. The molecule has 0 aliphatic rings. The Morgan fingerprint density at radius 2 is 1.71 bits per heavy atom. The quantitative estimate of drug-likeness (QED) is 0.288. The third-order valence-electron chi connectivity index (χ3n) is 3.22. The normalized spacial score (nSPS) is 14.2. The fourth-order valence-corrected chi connectivity index (χ4v) is 2.87. The number of carbonyl (C=O) groups is 1. The molecule has 1 amide bonds. The molecule has 1 atom stereocenters. The lowest BCUT2D eigenvalue weighted by Gasteiger charge is -2.31. The maximum absolute atomic E-state index is 12.5. The summed E-state index contributed by atoms with van der Waals surface area (Å²) in [5, 5.41) is 0. The van der Waals surface area contributed by atoms with Crippen LogP contribution in [0.2, 0.25) is 0 Å². The van der Waals surface area contributed by atoms with E-state index < -0.39 is 13.6 Å². The van der Waals surface area contributed by atoms with Crippen molar-refractivity contribution in [3.05, 3.63) is 24.6 Å². The Balaban J connectivity index is 5.09. The summed E-state index contributed by atoms with van der Waals surface area (Å²) in [6, 6.07) is -0.423. The highest BCUT2D eigenvalue weighted by molar-refractivity contribution is 6.67. The van der Waals surface area contributed by atoms with Gasteiger partial charge in [-0.25, -0.2) is 0 Å². The van der Waals surface area contributed by atoms with E-state index in [0.29, 0.717) is 18.6 Å². The first-order chi connectivity index (χ1) is 10.9. The maximum Gasteiger partial charge on any atom is 0.227 e. The van der Waals surface area contributed by atoms with Crippen LogP contribution in [0.5, 0.6) is 0 Å². The summed E-state index contributed by atoms with van der Waals surface area (Å²) >= 11 is 34.6. The number of allylic oxidation sites excluding steroid dienone is 1. The number of rotatable bonds is 9. The summed E-state index contributed by atoms with van der Waals surface area (Å²) in [6.45, 7) is 5.50. The van der Waals surface area contributed by atoms with Gasteiger partial charge in [-0.05, 0) is 38.7 Å². The van der Waals surface area contributed by atoms with Gasteiger partial charge in [-0.2, -0.15) is 0 Å². The lowest BCUT2D eigenvalue weighted by Crippen LogP contribution is -2.38. The molecule has 0 aliphatic heterocycles. The Morgan fingerprint density at radius 1 is 1.17 bits per heavy atom. The number of methoxy groups -OCH3 is 1. The van der Waals surface area contributed by atoms with E-state index in [1.54, 1.807) is 13.0 Å². The second-order valence-electron chi connectivity index (χ2n) is 5.02. The van der Waals surface area contributed by atoms with Crippen LogP contribution in [-0.2, 0) is 9.53 Å². The molecule has 0 spiro atoms. The lowest BCUT2D eigenvalue weighted by atomic mass is 10.1. The van der Waals surface area contributed by atoms with Gasteiger partial charge in [0, 0.05) is 12.6 Å². The Bertz CT molecular complexity index is 442. The third-order valence-corrected chi connectivity index (χ3v) is 4.36. The molecule has 1 unspecified atom stereocenters. The standard InChI is InChI=1S/C15H21Cl6NO2/c1-4-12(24-3)11(8-10-15(19,20)21)22(5-2)13(23)7-6-9-14(16,17)18/h4-5,11H,2,6-10H2,1,3H3/b12-4+. The molecule has 0 N–H and O–H groups in total. The number of carbonyl (C=O) groups excluding carboxylic acids is 1. The van der Waals surface area contributed by atoms with E-state index in [2.05, 4.69) is 6.58 Å². The van der Waals surface area contributed by atoms with Crippen LogP contribution in [0.3, 0.4) is 0 Å². The van der Waals surface area contributed by atoms with Crippen molar-refractivity contribution in [2.45, 2.75) is 52.7 Å². The molecule has 9 heteroatoms. The monoisotopic (exact) mass is 457 g/mol. The van der Waals surface area contributed by atoms with Gasteiger partial charge < -0.3 is 9.64 Å². The molecule has 0 aromatic carbocycles. The van der Waals surface area contributed by atoms with Crippen molar-refractivity contribution in [1.82, 2.24) is 4.90 Å². The van der Waals surface area contributed by atoms with Crippen LogP contribution in [0.4, 0.5) is 0 Å². The van der Waals surface area contributed by atoms with Gasteiger partial charge in [0.2, 0.25) is 5.91 Å². The zero-order valence-corrected chi connectivity index (χ0v) is 18.0. The van der Waals surface area contributed by atoms with Crippen LogP contribution in [0, 0.1) is 0 Å². The van der Waals surface area contributed by atoms with E-state index in [4.69, 9.17) is 74.3 Å². The first-order valence-corrected chi connectivity index (χ1v) is 9.49. The van der Waals surface area contributed by atoms with Crippen molar-refractivity contribution in [1.29, 1.82) is 0 Å². The van der Waals surface area contributed by atoms with Crippen molar-refractivity contribution < 1.29 is 9.53 Å². The topological polar surface area (TPSA) is 29.5 Å². The predicted molar refractivity (Wildman–Crippen MR) is 105 cm³/mol. The first kappa shape index (κ1) is 24.5. The number of halogens is 6. The van der Waals surface area contributed by atoms with Gasteiger partial charge in [-0.1, -0.05) is 76.2 Å². The summed E-state index contributed by atoms with van der Waals surface area (Å²) in [4.78, 5) is 14.0. The largest absolute Gasteiger partial charge is 0.499 e. The van der Waals surface area contributed by atoms with Crippen LogP contribution >= 0.6 is 69.6 Å². The molecule has 0 radical (unpaired) electrons. The molecule has 3 nitrogen and oxygen atoms in total. The predicted octanol–water partition coefficient (Wildman–Crippen LogP) is 6.57. The van der Waals surface area contributed by atoms with E-state index in [0.717, 1.165) is 0 Å². The van der Waals surface area contributed by atoms with Gasteiger partial charge in [0.05, 0.1) is 13.2 Å². The van der Waals surface area contributed by atoms with Crippen molar-refractivity contribution in [3.63, 3.8) is 0 Å². The van der Waals surface area contributed by atoms with Crippen molar-refractivity contribution in [2.24, 2.45) is 0 Å². The summed E-state index contributed by atoms with van der Waals surface area (Å²) in [7, 11) is 1.52. The van der Waals surface area contributed by atoms with Gasteiger partial charge >= 0.3 is 0 Å². The molecule has 0 heterocycles. The second kappa shape index (κ2) is 11.3. The van der Waals surface area contributed by atoms with Gasteiger partial charge in [-0.15, -0.1) is 0 Å². The second-order valence-corrected chi connectivity index (χ2v) is 10.0. The molecule has 0 rings (SSSR count). The van der Waals surface area contributed by atoms with Crippen molar-refractivity contribution in [3.8, 4) is 0 Å². The highest BCUT2D eigenvalue weighted by atomic mass is 35.6. The summed E-state index contributed by atoms with van der Waals surface area (Å²) < 4.78 is 2.55. The van der Waals surface area contributed by atoms with Crippen LogP contribution in [0.1, 0.15) is 39.0 Å². The van der Waals surface area contributed by atoms with Gasteiger partial charge in [-0.3, -0.25) is 4.79 Å². The molecule has 0 saturated carbocycles. The SMILES string of the molecule is C=CN(C(=O)CCCC(Cl)(Cl)Cl)C(CCC(Cl)(Cl)Cl)/C(=C\C)OC. The highest BCUT2D eigenvalue weighted by Gasteiger charge is 2.30. The molecule has 0 aromatic heterocycles. The van der Waals surface area contributed by atoms with Crippen LogP contribution in [-0.4, -0.2) is 31.5 Å². The lowest BCUT2D eigenvalue weighted by molar-refractivity contribution is -0.130. The zero-order chi connectivity index (χ0) is 19.0. The van der Waals surface area contributed by atoms with E-state index in [1.165, 1.54) is 18.2 Å². The van der Waals surface area contributed by atoms with E-state index in [9.17, 15) is 4.79 Å². The molecule has 0 aromatic rings.